The van der Waals surface area contributed by atoms with E-state index in [1.807, 2.05) is 49.4 Å². The summed E-state index contributed by atoms with van der Waals surface area (Å²) in [7, 11) is 0. The molecule has 0 spiro atoms. The van der Waals surface area contributed by atoms with Gasteiger partial charge in [0, 0.05) is 24.2 Å². The van der Waals surface area contributed by atoms with Crippen molar-refractivity contribution in [2.75, 3.05) is 13.1 Å². The summed E-state index contributed by atoms with van der Waals surface area (Å²) in [4.78, 5) is 2.27. The highest BCUT2D eigenvalue weighted by Gasteiger charge is 2.35. The number of aryl methyl sites for hydroxylation is 1. The number of hydrogen-bond acceptors (Lipinski definition) is 3. The molecular formula is C22H28ClNO2. The zero-order valence-corrected chi connectivity index (χ0v) is 16.1. The third kappa shape index (κ3) is 4.86. The SMILES string of the molecule is C[C@H]([C@@H](O)c1ccc(Cl)cc1)N1CCC(O)(CCc2ccccc2)CC1. The van der Waals surface area contributed by atoms with Crippen molar-refractivity contribution < 1.29 is 10.2 Å². The molecule has 1 aliphatic heterocycles. The Bertz CT molecular complexity index is 681. The van der Waals surface area contributed by atoms with Crippen LogP contribution in [0.1, 0.15) is 43.4 Å². The van der Waals surface area contributed by atoms with Crippen molar-refractivity contribution in [1.29, 1.82) is 0 Å². The summed E-state index contributed by atoms with van der Waals surface area (Å²) in [6, 6.07) is 17.7. The van der Waals surface area contributed by atoms with Crippen molar-refractivity contribution in [2.45, 2.75) is 50.4 Å². The van der Waals surface area contributed by atoms with E-state index < -0.39 is 11.7 Å². The fraction of sp³-hybridized carbons (Fsp3) is 0.455. The second-order valence-corrected chi connectivity index (χ2v) is 7.92. The predicted octanol–water partition coefficient (Wildman–Crippen LogP) is 4.22. The molecule has 0 saturated carbocycles. The van der Waals surface area contributed by atoms with Crippen molar-refractivity contribution >= 4 is 11.6 Å². The first kappa shape index (κ1) is 19.4. The van der Waals surface area contributed by atoms with E-state index in [2.05, 4.69) is 17.0 Å². The number of likely N-dealkylation sites (tertiary alicyclic amines) is 1. The molecule has 1 heterocycles. The average Bonchev–Trinajstić information content (AvgIpc) is 2.67. The third-order valence-corrected chi connectivity index (χ3v) is 5.95. The predicted molar refractivity (Wildman–Crippen MR) is 106 cm³/mol. The van der Waals surface area contributed by atoms with Crippen LogP contribution in [-0.2, 0) is 6.42 Å². The lowest BCUT2D eigenvalue weighted by Crippen LogP contribution is -2.49. The van der Waals surface area contributed by atoms with Crippen LogP contribution in [0, 0.1) is 0 Å². The molecule has 26 heavy (non-hydrogen) atoms. The van der Waals surface area contributed by atoms with Gasteiger partial charge < -0.3 is 10.2 Å². The van der Waals surface area contributed by atoms with Crippen molar-refractivity contribution in [3.63, 3.8) is 0 Å². The Balaban J connectivity index is 1.52. The molecule has 0 unspecified atom stereocenters. The molecule has 0 amide bonds. The number of halogens is 1. The van der Waals surface area contributed by atoms with Crippen molar-refractivity contribution in [3.05, 3.63) is 70.7 Å². The van der Waals surface area contributed by atoms with Crippen LogP contribution >= 0.6 is 11.6 Å². The highest BCUT2D eigenvalue weighted by atomic mass is 35.5. The molecule has 3 nitrogen and oxygen atoms in total. The van der Waals surface area contributed by atoms with Crippen molar-refractivity contribution in [3.8, 4) is 0 Å². The fourth-order valence-electron chi connectivity index (χ4n) is 3.76. The highest BCUT2D eigenvalue weighted by Crippen LogP contribution is 2.31. The number of benzene rings is 2. The monoisotopic (exact) mass is 373 g/mol. The maximum atomic E-state index is 10.9. The Morgan fingerprint density at radius 3 is 2.27 bits per heavy atom. The van der Waals surface area contributed by atoms with E-state index in [0.717, 1.165) is 44.3 Å². The number of piperidine rings is 1. The lowest BCUT2D eigenvalue weighted by molar-refractivity contribution is -0.0504. The molecular weight excluding hydrogens is 346 g/mol. The minimum Gasteiger partial charge on any atom is -0.390 e. The molecule has 2 atom stereocenters. The van der Waals surface area contributed by atoms with E-state index in [1.165, 1.54) is 5.56 Å². The van der Waals surface area contributed by atoms with Gasteiger partial charge in [0.05, 0.1) is 11.7 Å². The topological polar surface area (TPSA) is 43.7 Å². The van der Waals surface area contributed by atoms with Gasteiger partial charge in [-0.1, -0.05) is 54.1 Å². The second-order valence-electron chi connectivity index (χ2n) is 7.48. The van der Waals surface area contributed by atoms with Crippen LogP contribution in [-0.4, -0.2) is 39.8 Å². The van der Waals surface area contributed by atoms with Gasteiger partial charge in [0.2, 0.25) is 0 Å². The van der Waals surface area contributed by atoms with Crippen LogP contribution < -0.4 is 0 Å². The van der Waals surface area contributed by atoms with E-state index >= 15 is 0 Å². The molecule has 3 rings (SSSR count). The number of aliphatic hydroxyl groups excluding tert-OH is 1. The Hall–Kier alpha value is -1.39. The van der Waals surface area contributed by atoms with Gasteiger partial charge in [-0.3, -0.25) is 4.90 Å². The molecule has 1 saturated heterocycles. The molecule has 140 valence electrons. The zero-order chi connectivity index (χ0) is 18.6. The molecule has 0 aliphatic carbocycles. The normalized spacial score (nSPS) is 19.8. The summed E-state index contributed by atoms with van der Waals surface area (Å²) < 4.78 is 0. The van der Waals surface area contributed by atoms with Crippen LogP contribution in [0.15, 0.2) is 54.6 Å². The maximum Gasteiger partial charge on any atom is 0.0942 e. The molecule has 0 aromatic heterocycles. The van der Waals surface area contributed by atoms with Gasteiger partial charge in [-0.15, -0.1) is 0 Å². The summed E-state index contributed by atoms with van der Waals surface area (Å²) >= 11 is 5.93. The summed E-state index contributed by atoms with van der Waals surface area (Å²) in [5.74, 6) is 0. The molecule has 0 bridgehead atoms. The van der Waals surface area contributed by atoms with Gasteiger partial charge in [0.1, 0.15) is 0 Å². The lowest BCUT2D eigenvalue weighted by Gasteiger charge is -2.42. The van der Waals surface area contributed by atoms with Crippen LogP contribution in [0.2, 0.25) is 5.02 Å². The molecule has 1 fully saturated rings. The fourth-order valence-corrected chi connectivity index (χ4v) is 3.88. The molecule has 2 N–H and O–H groups in total. The zero-order valence-electron chi connectivity index (χ0n) is 15.3. The summed E-state index contributed by atoms with van der Waals surface area (Å²) in [6.07, 6.45) is 2.64. The van der Waals surface area contributed by atoms with Gasteiger partial charge in [-0.2, -0.15) is 0 Å². The van der Waals surface area contributed by atoms with Crippen LogP contribution in [0.25, 0.3) is 0 Å². The second kappa shape index (κ2) is 8.53. The Labute approximate surface area is 161 Å². The minimum absolute atomic E-state index is 0.00912. The Kier molecular flexibility index (Phi) is 6.36. The molecule has 1 aliphatic rings. The first-order valence-electron chi connectivity index (χ1n) is 9.41. The van der Waals surface area contributed by atoms with Gasteiger partial charge >= 0.3 is 0 Å². The van der Waals surface area contributed by atoms with E-state index in [0.29, 0.717) is 5.02 Å². The lowest BCUT2D eigenvalue weighted by atomic mass is 9.85. The molecule has 2 aromatic rings. The summed E-state index contributed by atoms with van der Waals surface area (Å²) in [5, 5.41) is 22.3. The number of hydrogen-bond donors (Lipinski definition) is 2. The standard InChI is InChI=1S/C22H28ClNO2/c1-17(21(25)19-7-9-20(23)10-8-19)24-15-13-22(26,14-16-24)12-11-18-5-3-2-4-6-18/h2-10,17,21,25-26H,11-16H2,1H3/t17-,21-/m1/s1. The first-order valence-corrected chi connectivity index (χ1v) is 9.79. The van der Waals surface area contributed by atoms with E-state index in [1.54, 1.807) is 0 Å². The minimum atomic E-state index is -0.600. The van der Waals surface area contributed by atoms with Gasteiger partial charge in [0.15, 0.2) is 0 Å². The van der Waals surface area contributed by atoms with Crippen molar-refractivity contribution in [1.82, 2.24) is 4.90 Å². The van der Waals surface area contributed by atoms with E-state index in [4.69, 9.17) is 11.6 Å². The summed E-state index contributed by atoms with van der Waals surface area (Å²) in [6.45, 7) is 3.65. The molecule has 4 heteroatoms. The van der Waals surface area contributed by atoms with Gasteiger partial charge in [-0.05, 0) is 55.9 Å². The number of nitrogens with zero attached hydrogens (tertiary/aromatic N) is 1. The van der Waals surface area contributed by atoms with E-state index in [-0.39, 0.29) is 6.04 Å². The molecule has 2 aromatic carbocycles. The van der Waals surface area contributed by atoms with Crippen molar-refractivity contribution in [2.24, 2.45) is 0 Å². The Morgan fingerprint density at radius 1 is 1.04 bits per heavy atom. The third-order valence-electron chi connectivity index (χ3n) is 5.70. The highest BCUT2D eigenvalue weighted by molar-refractivity contribution is 6.30. The van der Waals surface area contributed by atoms with Crippen LogP contribution in [0.3, 0.4) is 0 Å². The maximum absolute atomic E-state index is 10.9. The molecule has 0 radical (unpaired) electrons. The van der Waals surface area contributed by atoms with Gasteiger partial charge in [0.25, 0.3) is 0 Å². The first-order chi connectivity index (χ1) is 12.5. The average molecular weight is 374 g/mol. The quantitative estimate of drug-likeness (QED) is 0.796. The Morgan fingerprint density at radius 2 is 1.65 bits per heavy atom. The largest absolute Gasteiger partial charge is 0.390 e. The smallest absolute Gasteiger partial charge is 0.0942 e. The number of rotatable bonds is 6. The summed E-state index contributed by atoms with van der Waals surface area (Å²) in [5.41, 5.74) is 1.55. The van der Waals surface area contributed by atoms with Crippen LogP contribution in [0.5, 0.6) is 0 Å². The van der Waals surface area contributed by atoms with Gasteiger partial charge in [-0.25, -0.2) is 0 Å². The van der Waals surface area contributed by atoms with E-state index in [9.17, 15) is 10.2 Å². The van der Waals surface area contributed by atoms with Crippen LogP contribution in [0.4, 0.5) is 0 Å². The number of aliphatic hydroxyl groups is 2.